The summed E-state index contributed by atoms with van der Waals surface area (Å²) in [5, 5.41) is 12.2. The average Bonchev–Trinajstić information content (AvgIpc) is 3.20. The molecule has 0 aliphatic heterocycles. The zero-order chi connectivity index (χ0) is 22.5. The topological polar surface area (TPSA) is 146 Å². The lowest BCUT2D eigenvalue weighted by Crippen LogP contribution is -2.17. The van der Waals surface area contributed by atoms with Gasteiger partial charge in [0.15, 0.2) is 10.8 Å². The summed E-state index contributed by atoms with van der Waals surface area (Å²) < 4.78 is 0. The number of nitrogens with zero attached hydrogens (tertiary/aromatic N) is 4. The summed E-state index contributed by atoms with van der Waals surface area (Å²) in [4.78, 5) is 31.5. The van der Waals surface area contributed by atoms with E-state index in [9.17, 15) is 9.59 Å². The molecule has 0 saturated heterocycles. The summed E-state index contributed by atoms with van der Waals surface area (Å²) in [7, 11) is 0. The number of rotatable bonds is 7. The molecule has 0 radical (unpaired) electrons. The molecule has 2 amide bonds. The van der Waals surface area contributed by atoms with Gasteiger partial charge >= 0.3 is 0 Å². The number of fused-ring (bicyclic) bond motifs is 1. The molecule has 3 aromatic carbocycles. The largest absolute Gasteiger partial charge is 0.364 e. The predicted molar refractivity (Wildman–Crippen MR) is 125 cm³/mol. The first-order valence-corrected chi connectivity index (χ1v) is 10.3. The maximum atomic E-state index is 12.6. The summed E-state index contributed by atoms with van der Waals surface area (Å²) in [5.74, 6) is -1.16. The molecule has 0 saturated carbocycles. The van der Waals surface area contributed by atoms with Crippen LogP contribution in [0.15, 0.2) is 71.8 Å². The number of azide groups is 1. The van der Waals surface area contributed by atoms with E-state index in [0.29, 0.717) is 10.7 Å². The summed E-state index contributed by atoms with van der Waals surface area (Å²) in [5.41, 5.74) is 15.8. The van der Waals surface area contributed by atoms with Crippen LogP contribution >= 0.6 is 11.3 Å². The number of hydrogen-bond acceptors (Lipinski definition) is 6. The van der Waals surface area contributed by atoms with E-state index in [1.807, 2.05) is 42.5 Å². The highest BCUT2D eigenvalue weighted by atomic mass is 32.1. The molecule has 0 aliphatic rings. The Hall–Kier alpha value is -4.40. The van der Waals surface area contributed by atoms with Crippen molar-refractivity contribution in [2.24, 2.45) is 10.8 Å². The number of hydrogen-bond donors (Lipinski definition) is 3. The van der Waals surface area contributed by atoms with E-state index in [-0.39, 0.29) is 17.2 Å². The van der Waals surface area contributed by atoms with Crippen LogP contribution in [0.25, 0.3) is 21.2 Å². The molecule has 10 heteroatoms. The lowest BCUT2D eigenvalue weighted by Gasteiger charge is -2.05. The Morgan fingerprint density at radius 1 is 1.06 bits per heavy atom. The van der Waals surface area contributed by atoms with Crippen LogP contribution in [0, 0.1) is 0 Å². The van der Waals surface area contributed by atoms with Gasteiger partial charge in [-0.2, -0.15) is 0 Å². The van der Waals surface area contributed by atoms with Crippen LogP contribution in [0.3, 0.4) is 0 Å². The number of nitrogens with two attached hydrogens (primary N) is 1. The van der Waals surface area contributed by atoms with Crippen LogP contribution in [0.4, 0.5) is 15.8 Å². The van der Waals surface area contributed by atoms with Crippen molar-refractivity contribution in [2.75, 3.05) is 10.6 Å². The highest BCUT2D eigenvalue weighted by Crippen LogP contribution is 2.31. The molecular weight excluding hydrogens is 426 g/mol. The predicted octanol–water partition coefficient (Wildman–Crippen LogP) is 5.20. The van der Waals surface area contributed by atoms with E-state index < -0.39 is 11.8 Å². The van der Waals surface area contributed by atoms with E-state index in [4.69, 9.17) is 11.3 Å². The van der Waals surface area contributed by atoms with Gasteiger partial charge in [0.2, 0.25) is 0 Å². The fourth-order valence-corrected chi connectivity index (χ4v) is 3.95. The Kier molecular flexibility index (Phi) is 5.98. The van der Waals surface area contributed by atoms with Crippen molar-refractivity contribution < 1.29 is 9.59 Å². The molecule has 0 fully saturated rings. The van der Waals surface area contributed by atoms with E-state index >= 15 is 0 Å². The van der Waals surface area contributed by atoms with Crippen LogP contribution in [0.5, 0.6) is 0 Å². The average molecular weight is 443 g/mol. The van der Waals surface area contributed by atoms with Crippen molar-refractivity contribution in [3.8, 4) is 0 Å². The minimum absolute atomic E-state index is 0.0217. The summed E-state index contributed by atoms with van der Waals surface area (Å²) in [6.07, 6.45) is 0. The first kappa shape index (κ1) is 20.9. The van der Waals surface area contributed by atoms with Gasteiger partial charge in [0.25, 0.3) is 11.8 Å². The van der Waals surface area contributed by atoms with E-state index in [2.05, 4.69) is 25.6 Å². The van der Waals surface area contributed by atoms with Gasteiger partial charge < -0.3 is 16.4 Å². The highest BCUT2D eigenvalue weighted by Gasteiger charge is 2.19. The molecule has 1 heterocycles. The Balaban J connectivity index is 1.54. The van der Waals surface area contributed by atoms with E-state index in [1.165, 1.54) is 0 Å². The first-order valence-electron chi connectivity index (χ1n) is 9.51. The molecule has 4 N–H and O–H groups in total. The molecule has 1 aromatic heterocycles. The Morgan fingerprint density at radius 3 is 2.53 bits per heavy atom. The smallest absolute Gasteiger partial charge is 0.270 e. The quantitative estimate of drug-likeness (QED) is 0.205. The van der Waals surface area contributed by atoms with Crippen molar-refractivity contribution in [3.05, 3.63) is 94.0 Å². The van der Waals surface area contributed by atoms with Crippen molar-refractivity contribution in [1.82, 2.24) is 4.98 Å². The van der Waals surface area contributed by atoms with Gasteiger partial charge in [-0.1, -0.05) is 58.9 Å². The molecule has 0 unspecified atom stereocenters. The van der Waals surface area contributed by atoms with Crippen molar-refractivity contribution >= 4 is 49.7 Å². The third-order valence-electron chi connectivity index (χ3n) is 4.62. The second-order valence-electron chi connectivity index (χ2n) is 6.79. The minimum Gasteiger partial charge on any atom is -0.364 e. The number of primary amides is 1. The number of thiazole rings is 1. The summed E-state index contributed by atoms with van der Waals surface area (Å²) in [6.45, 7) is 0.197. The minimum atomic E-state index is -0.743. The van der Waals surface area contributed by atoms with Gasteiger partial charge in [0, 0.05) is 16.2 Å². The second kappa shape index (κ2) is 9.17. The Labute approximate surface area is 186 Å². The van der Waals surface area contributed by atoms with E-state index in [1.54, 1.807) is 24.3 Å². The number of amides is 2. The lowest BCUT2D eigenvalue weighted by molar-refractivity contribution is 0.0997. The first-order chi connectivity index (χ1) is 15.5. The van der Waals surface area contributed by atoms with Crippen LogP contribution in [-0.2, 0) is 6.54 Å². The molecule has 4 aromatic rings. The molecule has 158 valence electrons. The normalized spacial score (nSPS) is 10.4. The number of benzene rings is 3. The summed E-state index contributed by atoms with van der Waals surface area (Å²) >= 11 is 1.12. The molecule has 32 heavy (non-hydrogen) atoms. The van der Waals surface area contributed by atoms with Gasteiger partial charge in [0.1, 0.15) is 5.00 Å². The molecular formula is C22H17N7O2S. The standard InChI is InChI=1S/C22H17N7O2S/c23-19(30)18-21(28-20(31)15-7-5-13(6-8-15)12-25-29-24)32-22(27-18)26-17-10-9-14-3-1-2-4-16(14)11-17/h1-11H,12H2,(H2,23,30)(H,26,27)(H,28,31). The Bertz CT molecular complexity index is 1360. The molecule has 0 atom stereocenters. The number of carbonyl (C=O) groups is 2. The fraction of sp³-hybridized carbons (Fsp3) is 0.0455. The maximum absolute atomic E-state index is 12.6. The number of aromatic nitrogens is 1. The van der Waals surface area contributed by atoms with Crippen LogP contribution < -0.4 is 16.4 Å². The van der Waals surface area contributed by atoms with Gasteiger partial charge in [-0.25, -0.2) is 4.98 Å². The third kappa shape index (κ3) is 4.67. The number of carbonyl (C=O) groups excluding carboxylic acids is 2. The van der Waals surface area contributed by atoms with Gasteiger partial charge in [-0.3, -0.25) is 9.59 Å². The number of nitrogens with one attached hydrogen (secondary N) is 2. The fourth-order valence-electron chi connectivity index (χ4n) is 3.07. The maximum Gasteiger partial charge on any atom is 0.270 e. The molecule has 0 spiro atoms. The zero-order valence-corrected chi connectivity index (χ0v) is 17.5. The third-order valence-corrected chi connectivity index (χ3v) is 5.51. The van der Waals surface area contributed by atoms with Crippen LogP contribution in [0.1, 0.15) is 26.4 Å². The van der Waals surface area contributed by atoms with Crippen molar-refractivity contribution in [3.63, 3.8) is 0 Å². The van der Waals surface area contributed by atoms with Crippen LogP contribution in [-0.4, -0.2) is 16.8 Å². The van der Waals surface area contributed by atoms with E-state index in [0.717, 1.165) is 33.4 Å². The molecule has 4 rings (SSSR count). The monoisotopic (exact) mass is 443 g/mol. The second-order valence-corrected chi connectivity index (χ2v) is 7.79. The van der Waals surface area contributed by atoms with Gasteiger partial charge in [-0.05, 0) is 46.1 Å². The molecule has 0 aliphatic carbocycles. The van der Waals surface area contributed by atoms with Crippen molar-refractivity contribution in [2.45, 2.75) is 6.54 Å². The van der Waals surface area contributed by atoms with Crippen molar-refractivity contribution in [1.29, 1.82) is 0 Å². The SMILES string of the molecule is [N-]=[N+]=NCc1ccc(C(=O)Nc2sc(Nc3ccc4ccccc4c3)nc2C(N)=O)cc1. The van der Waals surface area contributed by atoms with Gasteiger partial charge in [0.05, 0.1) is 6.54 Å². The van der Waals surface area contributed by atoms with Gasteiger partial charge in [-0.15, -0.1) is 0 Å². The number of anilines is 3. The van der Waals surface area contributed by atoms with Crippen LogP contribution in [0.2, 0.25) is 0 Å². The highest BCUT2D eigenvalue weighted by molar-refractivity contribution is 7.20. The molecule has 0 bridgehead atoms. The zero-order valence-electron chi connectivity index (χ0n) is 16.6. The molecule has 9 nitrogen and oxygen atoms in total. The summed E-state index contributed by atoms with van der Waals surface area (Å²) in [6, 6.07) is 20.4. The lowest BCUT2D eigenvalue weighted by atomic mass is 10.1. The Morgan fingerprint density at radius 2 is 1.81 bits per heavy atom.